The number of nitrogens with two attached hydrogens (primary N) is 1. The third-order valence-electron chi connectivity index (χ3n) is 7.02. The molecular formula is C20H31N3OS. The fraction of sp³-hybridized carbons (Fsp3) is 0.800. The van der Waals surface area contributed by atoms with Crippen molar-refractivity contribution in [1.29, 1.82) is 0 Å². The number of carbonyl (C=O) groups excluding carboxylic acids is 1. The molecule has 0 saturated heterocycles. The van der Waals surface area contributed by atoms with Gasteiger partial charge < -0.3 is 11.1 Å². The number of amides is 1. The Hall–Kier alpha value is -0.940. The van der Waals surface area contributed by atoms with Gasteiger partial charge in [-0.25, -0.2) is 4.98 Å². The van der Waals surface area contributed by atoms with Crippen LogP contribution in [-0.2, 0) is 0 Å². The van der Waals surface area contributed by atoms with Crippen molar-refractivity contribution >= 4 is 17.2 Å². The number of nitrogens with one attached hydrogen (secondary N) is 1. The summed E-state index contributed by atoms with van der Waals surface area (Å²) >= 11 is 1.52. The van der Waals surface area contributed by atoms with Crippen LogP contribution in [0.3, 0.4) is 0 Å². The van der Waals surface area contributed by atoms with Gasteiger partial charge in [-0.2, -0.15) is 0 Å². The lowest BCUT2D eigenvalue weighted by Gasteiger charge is -2.59. The summed E-state index contributed by atoms with van der Waals surface area (Å²) in [7, 11) is 0. The standard InChI is InChI=1S/C20H31N3OS/c1-3-4-16(21)19-23-17(11-25-19)18(24)22-12(2)20-8-13-5-14(9-20)7-15(6-13)10-20/h11-16H,3-10,21H2,1-2H3,(H,22,24). The van der Waals surface area contributed by atoms with Crippen LogP contribution < -0.4 is 11.1 Å². The van der Waals surface area contributed by atoms with E-state index in [0.717, 1.165) is 35.6 Å². The van der Waals surface area contributed by atoms with E-state index < -0.39 is 0 Å². The summed E-state index contributed by atoms with van der Waals surface area (Å²) < 4.78 is 0. The van der Waals surface area contributed by atoms with Crippen LogP contribution in [-0.4, -0.2) is 16.9 Å². The fourth-order valence-electron chi connectivity index (χ4n) is 6.13. The normalized spacial score (nSPS) is 35.6. The molecule has 25 heavy (non-hydrogen) atoms. The number of thiazole rings is 1. The van der Waals surface area contributed by atoms with Gasteiger partial charge in [-0.05, 0) is 75.0 Å². The van der Waals surface area contributed by atoms with Crippen molar-refractivity contribution in [3.8, 4) is 0 Å². The molecule has 4 fully saturated rings. The number of nitrogens with zero attached hydrogens (tertiary/aromatic N) is 1. The van der Waals surface area contributed by atoms with Gasteiger partial charge in [-0.1, -0.05) is 13.3 Å². The molecule has 1 aromatic rings. The van der Waals surface area contributed by atoms with E-state index in [1.54, 1.807) is 0 Å². The Morgan fingerprint density at radius 2 is 1.92 bits per heavy atom. The molecule has 0 radical (unpaired) electrons. The summed E-state index contributed by atoms with van der Waals surface area (Å²) in [5, 5.41) is 6.05. The van der Waals surface area contributed by atoms with Crippen molar-refractivity contribution in [2.24, 2.45) is 28.9 Å². The van der Waals surface area contributed by atoms with Crippen molar-refractivity contribution in [3.63, 3.8) is 0 Å². The third kappa shape index (κ3) is 3.25. The Balaban J connectivity index is 1.42. The first-order valence-electron chi connectivity index (χ1n) is 10.0. The molecule has 2 atom stereocenters. The topological polar surface area (TPSA) is 68.0 Å². The van der Waals surface area contributed by atoms with Crippen molar-refractivity contribution < 1.29 is 4.79 Å². The second-order valence-corrected chi connectivity index (χ2v) is 9.83. The highest BCUT2D eigenvalue weighted by Crippen LogP contribution is 2.61. The predicted molar refractivity (Wildman–Crippen MR) is 101 cm³/mol. The number of aromatic nitrogens is 1. The molecule has 4 bridgehead atoms. The first-order chi connectivity index (χ1) is 12.0. The van der Waals surface area contributed by atoms with E-state index in [2.05, 4.69) is 24.1 Å². The number of hydrogen-bond donors (Lipinski definition) is 2. The van der Waals surface area contributed by atoms with Crippen molar-refractivity contribution in [2.75, 3.05) is 0 Å². The Labute approximate surface area is 155 Å². The molecule has 1 aromatic heterocycles. The zero-order valence-electron chi connectivity index (χ0n) is 15.5. The van der Waals surface area contributed by atoms with Gasteiger partial charge in [0.2, 0.25) is 0 Å². The minimum absolute atomic E-state index is 0.0190. The van der Waals surface area contributed by atoms with Crippen LogP contribution in [0.25, 0.3) is 0 Å². The monoisotopic (exact) mass is 361 g/mol. The maximum absolute atomic E-state index is 12.7. The molecular weight excluding hydrogens is 330 g/mol. The van der Waals surface area contributed by atoms with Crippen LogP contribution in [0.15, 0.2) is 5.38 Å². The minimum Gasteiger partial charge on any atom is -0.348 e. The summed E-state index contributed by atoms with van der Waals surface area (Å²) in [4.78, 5) is 17.2. The van der Waals surface area contributed by atoms with E-state index in [-0.39, 0.29) is 18.0 Å². The average Bonchev–Trinajstić information content (AvgIpc) is 3.04. The molecule has 0 spiro atoms. The summed E-state index contributed by atoms with van der Waals surface area (Å²) in [6, 6.07) is 0.194. The summed E-state index contributed by atoms with van der Waals surface area (Å²) in [5.41, 5.74) is 7.02. The van der Waals surface area contributed by atoms with Crippen LogP contribution in [0.4, 0.5) is 0 Å². The fourth-order valence-corrected chi connectivity index (χ4v) is 6.96. The Morgan fingerprint density at radius 1 is 1.32 bits per heavy atom. The van der Waals surface area contributed by atoms with E-state index in [1.807, 2.05) is 5.38 Å². The van der Waals surface area contributed by atoms with Gasteiger partial charge in [0, 0.05) is 11.4 Å². The molecule has 2 unspecified atom stereocenters. The second-order valence-electron chi connectivity index (χ2n) is 8.94. The molecule has 5 rings (SSSR count). The highest BCUT2D eigenvalue weighted by molar-refractivity contribution is 7.09. The Kier molecular flexibility index (Phi) is 4.65. The lowest BCUT2D eigenvalue weighted by atomic mass is 9.48. The number of hydrogen-bond acceptors (Lipinski definition) is 4. The van der Waals surface area contributed by atoms with Gasteiger partial charge in [-0.3, -0.25) is 4.79 Å². The van der Waals surface area contributed by atoms with Crippen LogP contribution >= 0.6 is 11.3 Å². The molecule has 4 nitrogen and oxygen atoms in total. The molecule has 138 valence electrons. The van der Waals surface area contributed by atoms with Gasteiger partial charge in [0.15, 0.2) is 0 Å². The van der Waals surface area contributed by atoms with Crippen LogP contribution in [0.5, 0.6) is 0 Å². The molecule has 5 heteroatoms. The van der Waals surface area contributed by atoms with Gasteiger partial charge >= 0.3 is 0 Å². The van der Waals surface area contributed by atoms with Crippen molar-refractivity contribution in [2.45, 2.75) is 77.3 Å². The minimum atomic E-state index is -0.0443. The molecule has 3 N–H and O–H groups in total. The first kappa shape index (κ1) is 17.5. The van der Waals surface area contributed by atoms with Crippen LogP contribution in [0, 0.1) is 23.2 Å². The average molecular weight is 362 g/mol. The first-order valence-corrected chi connectivity index (χ1v) is 10.9. The van der Waals surface area contributed by atoms with Crippen molar-refractivity contribution in [1.82, 2.24) is 10.3 Å². The van der Waals surface area contributed by atoms with Crippen LogP contribution in [0.1, 0.15) is 86.8 Å². The van der Waals surface area contributed by atoms with Crippen molar-refractivity contribution in [3.05, 3.63) is 16.1 Å². The molecule has 4 aliphatic rings. The zero-order valence-corrected chi connectivity index (χ0v) is 16.3. The van der Waals surface area contributed by atoms with Gasteiger partial charge in [-0.15, -0.1) is 11.3 Å². The van der Waals surface area contributed by atoms with Crippen LogP contribution in [0.2, 0.25) is 0 Å². The van der Waals surface area contributed by atoms with E-state index in [4.69, 9.17) is 5.73 Å². The van der Waals surface area contributed by atoms with E-state index in [0.29, 0.717) is 11.1 Å². The Bertz CT molecular complexity index is 605. The molecule has 4 saturated carbocycles. The summed E-state index contributed by atoms with van der Waals surface area (Å²) in [6.07, 6.45) is 10.2. The third-order valence-corrected chi connectivity index (χ3v) is 8.00. The largest absolute Gasteiger partial charge is 0.348 e. The number of rotatable bonds is 6. The molecule has 0 aromatic carbocycles. The lowest BCUT2D eigenvalue weighted by Crippen LogP contribution is -2.55. The lowest BCUT2D eigenvalue weighted by molar-refractivity contribution is -0.0688. The smallest absolute Gasteiger partial charge is 0.270 e. The quantitative estimate of drug-likeness (QED) is 0.795. The molecule has 4 aliphatic carbocycles. The van der Waals surface area contributed by atoms with Gasteiger partial charge in [0.1, 0.15) is 10.7 Å². The molecule has 1 heterocycles. The predicted octanol–water partition coefficient (Wildman–Crippen LogP) is 4.28. The zero-order chi connectivity index (χ0) is 17.6. The molecule has 1 amide bonds. The van der Waals surface area contributed by atoms with E-state index in [9.17, 15) is 4.79 Å². The van der Waals surface area contributed by atoms with Gasteiger partial charge in [0.25, 0.3) is 5.91 Å². The highest BCUT2D eigenvalue weighted by Gasteiger charge is 2.53. The number of carbonyl (C=O) groups is 1. The maximum Gasteiger partial charge on any atom is 0.270 e. The summed E-state index contributed by atoms with van der Waals surface area (Å²) in [6.45, 7) is 4.34. The Morgan fingerprint density at radius 3 is 2.48 bits per heavy atom. The van der Waals surface area contributed by atoms with Gasteiger partial charge in [0.05, 0.1) is 6.04 Å². The van der Waals surface area contributed by atoms with E-state index >= 15 is 0 Å². The second kappa shape index (κ2) is 6.66. The van der Waals surface area contributed by atoms with E-state index in [1.165, 1.54) is 49.9 Å². The molecule has 0 aliphatic heterocycles. The highest BCUT2D eigenvalue weighted by atomic mass is 32.1. The summed E-state index contributed by atoms with van der Waals surface area (Å²) in [5.74, 6) is 2.70. The SMILES string of the molecule is CCCC(N)c1nc(C(=O)NC(C)C23CC4CC(CC(C4)C2)C3)cs1. The maximum atomic E-state index is 12.7.